The van der Waals surface area contributed by atoms with Gasteiger partial charge in [0.15, 0.2) is 0 Å². The molecular formula is C26H29F3N4O4. The van der Waals surface area contributed by atoms with Crippen LogP contribution in [0.25, 0.3) is 22.6 Å². The number of nitrogens with two attached hydrogens (primary N) is 1. The van der Waals surface area contributed by atoms with Gasteiger partial charge in [-0.25, -0.2) is 9.97 Å². The maximum Gasteiger partial charge on any atom is 0.417 e. The van der Waals surface area contributed by atoms with Gasteiger partial charge in [-0.1, -0.05) is 19.9 Å². The molecule has 3 aromatic rings. The van der Waals surface area contributed by atoms with Crippen molar-refractivity contribution in [1.29, 1.82) is 0 Å². The van der Waals surface area contributed by atoms with E-state index in [1.54, 1.807) is 19.1 Å². The fraction of sp³-hybridized carbons (Fsp3) is 0.385. The SMILES string of the molecule is CCCOCCOc1ccc(-c2cc(=O)[nH]c(-c3cc(CC(CC)C(N)=O)ccc3C(F)(F)F)n2)cn1. The molecule has 0 bridgehead atoms. The van der Waals surface area contributed by atoms with Crippen LogP contribution in [-0.4, -0.2) is 40.7 Å². The molecule has 198 valence electrons. The minimum absolute atomic E-state index is 0.145. The number of pyridine rings is 1. The number of carbonyl (C=O) groups excluding carboxylic acids is 1. The lowest BCUT2D eigenvalue weighted by atomic mass is 9.93. The Morgan fingerprint density at radius 2 is 1.89 bits per heavy atom. The second kappa shape index (κ2) is 12.5. The minimum atomic E-state index is -4.70. The van der Waals surface area contributed by atoms with Crippen LogP contribution < -0.4 is 16.0 Å². The summed E-state index contributed by atoms with van der Waals surface area (Å²) < 4.78 is 52.3. The molecule has 0 aliphatic heterocycles. The summed E-state index contributed by atoms with van der Waals surface area (Å²) in [5, 5.41) is 0. The predicted octanol–water partition coefficient (Wildman–Crippen LogP) is 4.38. The number of benzene rings is 1. The van der Waals surface area contributed by atoms with Gasteiger partial charge in [0.2, 0.25) is 11.8 Å². The van der Waals surface area contributed by atoms with Crippen LogP contribution >= 0.6 is 0 Å². The molecule has 8 nitrogen and oxygen atoms in total. The van der Waals surface area contributed by atoms with Gasteiger partial charge in [0.25, 0.3) is 5.56 Å². The van der Waals surface area contributed by atoms with E-state index in [4.69, 9.17) is 15.2 Å². The van der Waals surface area contributed by atoms with Crippen molar-refractivity contribution in [1.82, 2.24) is 15.0 Å². The fourth-order valence-corrected chi connectivity index (χ4v) is 3.69. The summed E-state index contributed by atoms with van der Waals surface area (Å²) in [6.07, 6.45) is -1.77. The average molecular weight is 519 g/mol. The third-order valence-electron chi connectivity index (χ3n) is 5.62. The molecule has 1 aromatic carbocycles. The molecule has 2 heterocycles. The summed E-state index contributed by atoms with van der Waals surface area (Å²) in [6, 6.07) is 7.87. The minimum Gasteiger partial charge on any atom is -0.475 e. The number of nitrogens with zero attached hydrogens (tertiary/aromatic N) is 2. The van der Waals surface area contributed by atoms with E-state index in [1.165, 1.54) is 24.4 Å². The Balaban J connectivity index is 1.94. The van der Waals surface area contributed by atoms with Gasteiger partial charge < -0.3 is 20.2 Å². The first-order chi connectivity index (χ1) is 17.6. The lowest BCUT2D eigenvalue weighted by Gasteiger charge is -2.16. The van der Waals surface area contributed by atoms with E-state index in [0.29, 0.717) is 43.2 Å². The van der Waals surface area contributed by atoms with Crippen LogP contribution in [0, 0.1) is 5.92 Å². The highest BCUT2D eigenvalue weighted by Gasteiger charge is 2.34. The Kier molecular flexibility index (Phi) is 9.40. The van der Waals surface area contributed by atoms with Gasteiger partial charge in [-0.3, -0.25) is 9.59 Å². The molecule has 0 aliphatic rings. The van der Waals surface area contributed by atoms with Crippen molar-refractivity contribution >= 4 is 5.91 Å². The molecule has 1 amide bonds. The smallest absolute Gasteiger partial charge is 0.417 e. The zero-order valence-corrected chi connectivity index (χ0v) is 20.6. The molecule has 0 spiro atoms. The number of nitrogens with one attached hydrogen (secondary N) is 1. The number of hydrogen-bond acceptors (Lipinski definition) is 6. The Bertz CT molecular complexity index is 1260. The van der Waals surface area contributed by atoms with E-state index in [0.717, 1.165) is 12.5 Å². The lowest BCUT2D eigenvalue weighted by Crippen LogP contribution is -2.24. The van der Waals surface area contributed by atoms with E-state index in [-0.39, 0.29) is 23.5 Å². The number of H-pyrrole nitrogens is 1. The van der Waals surface area contributed by atoms with Crippen molar-refractivity contribution in [3.8, 4) is 28.5 Å². The lowest BCUT2D eigenvalue weighted by molar-refractivity contribution is -0.137. The average Bonchev–Trinajstić information content (AvgIpc) is 2.86. The molecule has 2 aromatic heterocycles. The molecule has 0 fully saturated rings. The number of halogens is 3. The largest absolute Gasteiger partial charge is 0.475 e. The highest BCUT2D eigenvalue weighted by molar-refractivity contribution is 5.77. The van der Waals surface area contributed by atoms with E-state index in [2.05, 4.69) is 15.0 Å². The van der Waals surface area contributed by atoms with Crippen LogP contribution in [0.4, 0.5) is 13.2 Å². The first-order valence-corrected chi connectivity index (χ1v) is 11.9. The number of rotatable bonds is 12. The Morgan fingerprint density at radius 3 is 2.51 bits per heavy atom. The van der Waals surface area contributed by atoms with E-state index < -0.39 is 29.1 Å². The van der Waals surface area contributed by atoms with E-state index >= 15 is 0 Å². The number of hydrogen-bond donors (Lipinski definition) is 2. The molecule has 11 heteroatoms. The standard InChI is InChI=1S/C26H29F3N4O4/c1-3-9-36-10-11-37-23-8-6-18(15-31-23)21-14-22(34)33-25(32-21)19-13-16(12-17(4-2)24(30)35)5-7-20(19)26(27,28)29/h5-8,13-15,17H,3-4,9-12H2,1-2H3,(H2,30,35)(H,32,33,34). The molecule has 3 N–H and O–H groups in total. The van der Waals surface area contributed by atoms with E-state index in [1.807, 2.05) is 6.92 Å². The first kappa shape index (κ1) is 27.9. The molecule has 3 rings (SSSR count). The van der Waals surface area contributed by atoms with Crippen LogP contribution in [0.1, 0.15) is 37.8 Å². The van der Waals surface area contributed by atoms with Gasteiger partial charge in [-0.05, 0) is 43.0 Å². The van der Waals surface area contributed by atoms with Crippen molar-refractivity contribution in [2.75, 3.05) is 19.8 Å². The predicted molar refractivity (Wildman–Crippen MR) is 132 cm³/mol. The maximum absolute atomic E-state index is 13.8. The number of ether oxygens (including phenoxy) is 2. The van der Waals surface area contributed by atoms with Crippen LogP contribution in [-0.2, 0) is 22.1 Å². The number of alkyl halides is 3. The monoisotopic (exact) mass is 518 g/mol. The number of aromatic nitrogens is 3. The van der Waals surface area contributed by atoms with Gasteiger partial charge >= 0.3 is 6.18 Å². The zero-order chi connectivity index (χ0) is 27.0. The van der Waals surface area contributed by atoms with Crippen molar-refractivity contribution in [3.05, 3.63) is 64.1 Å². The first-order valence-electron chi connectivity index (χ1n) is 11.9. The number of amides is 1. The summed E-state index contributed by atoms with van der Waals surface area (Å²) >= 11 is 0. The molecule has 0 aliphatic carbocycles. The van der Waals surface area contributed by atoms with Crippen LogP contribution in [0.2, 0.25) is 0 Å². The number of primary amides is 1. The molecular weight excluding hydrogens is 489 g/mol. The Morgan fingerprint density at radius 1 is 1.11 bits per heavy atom. The normalized spacial score (nSPS) is 12.4. The van der Waals surface area contributed by atoms with Gasteiger partial charge in [0.1, 0.15) is 12.4 Å². The van der Waals surface area contributed by atoms with E-state index in [9.17, 15) is 22.8 Å². The number of aromatic amines is 1. The summed E-state index contributed by atoms with van der Waals surface area (Å²) in [4.78, 5) is 34.9. The molecule has 1 unspecified atom stereocenters. The Labute approximate surface area is 212 Å². The van der Waals surface area contributed by atoms with Crippen LogP contribution in [0.5, 0.6) is 5.88 Å². The van der Waals surface area contributed by atoms with Crippen LogP contribution in [0.3, 0.4) is 0 Å². The third-order valence-corrected chi connectivity index (χ3v) is 5.62. The van der Waals surface area contributed by atoms with Gasteiger partial charge in [-0.15, -0.1) is 0 Å². The highest BCUT2D eigenvalue weighted by atomic mass is 19.4. The maximum atomic E-state index is 13.8. The summed E-state index contributed by atoms with van der Waals surface area (Å²) in [7, 11) is 0. The van der Waals surface area contributed by atoms with Crippen molar-refractivity contribution in [2.24, 2.45) is 11.7 Å². The van der Waals surface area contributed by atoms with Crippen molar-refractivity contribution in [3.63, 3.8) is 0 Å². The topological polar surface area (TPSA) is 120 Å². The quantitative estimate of drug-likeness (QED) is 0.344. The molecule has 37 heavy (non-hydrogen) atoms. The van der Waals surface area contributed by atoms with Crippen molar-refractivity contribution < 1.29 is 27.4 Å². The van der Waals surface area contributed by atoms with Gasteiger partial charge in [0.05, 0.1) is 17.9 Å². The summed E-state index contributed by atoms with van der Waals surface area (Å²) in [5.74, 6) is -0.989. The third kappa shape index (κ3) is 7.63. The molecule has 0 saturated carbocycles. The highest BCUT2D eigenvalue weighted by Crippen LogP contribution is 2.37. The Hall–Kier alpha value is -3.73. The number of carbonyl (C=O) groups is 1. The van der Waals surface area contributed by atoms with Crippen molar-refractivity contribution in [2.45, 2.75) is 39.3 Å². The summed E-state index contributed by atoms with van der Waals surface area (Å²) in [6.45, 7) is 5.13. The summed E-state index contributed by atoms with van der Waals surface area (Å²) in [5.41, 5.74) is 4.54. The van der Waals surface area contributed by atoms with Gasteiger partial charge in [-0.2, -0.15) is 13.2 Å². The molecule has 0 radical (unpaired) electrons. The fourth-order valence-electron chi connectivity index (χ4n) is 3.69. The zero-order valence-electron chi connectivity index (χ0n) is 20.6. The molecule has 1 atom stereocenters. The second-order valence-electron chi connectivity index (χ2n) is 8.41. The van der Waals surface area contributed by atoms with Crippen LogP contribution in [0.15, 0.2) is 47.4 Å². The van der Waals surface area contributed by atoms with Gasteiger partial charge in [0, 0.05) is 42.0 Å². The second-order valence-corrected chi connectivity index (χ2v) is 8.41. The molecule has 0 saturated heterocycles.